The van der Waals surface area contributed by atoms with Crippen LogP contribution in [0.3, 0.4) is 0 Å². The van der Waals surface area contributed by atoms with Crippen LogP contribution in [0.4, 0.5) is 18.9 Å². The zero-order valence-corrected chi connectivity index (χ0v) is 18.9. The third-order valence-corrected chi connectivity index (χ3v) is 6.84. The fourth-order valence-corrected chi connectivity index (χ4v) is 4.95. The monoisotopic (exact) mass is 493 g/mol. The van der Waals surface area contributed by atoms with Crippen molar-refractivity contribution < 1.29 is 32.3 Å². The predicted octanol–water partition coefficient (Wildman–Crippen LogP) is 5.98. The van der Waals surface area contributed by atoms with Gasteiger partial charge in [0, 0.05) is 17.4 Å². The summed E-state index contributed by atoms with van der Waals surface area (Å²) in [7, 11) is 0. The first-order chi connectivity index (χ1) is 16.1. The highest BCUT2D eigenvalue weighted by Gasteiger charge is 2.43. The standard InChI is InChI=1S/C25H23ClF3NO4/c26-19-10-9-18(25(27,28)29)13-20(19)30-23(32)22(14-5-2-1-3-6-14)34-24(33)17-11-15-7-4-8-16(12-17)21(15)31/h1-3,5-6,9-10,13,15-17,22H,4,7-8,11-12H2,(H,30,32). The van der Waals surface area contributed by atoms with Crippen molar-refractivity contribution in [2.45, 2.75) is 44.4 Å². The fraction of sp³-hybridized carbons (Fsp3) is 0.400. The molecule has 2 aliphatic carbocycles. The lowest BCUT2D eigenvalue weighted by atomic mass is 9.67. The van der Waals surface area contributed by atoms with Gasteiger partial charge in [-0.2, -0.15) is 13.2 Å². The van der Waals surface area contributed by atoms with E-state index >= 15 is 0 Å². The Balaban J connectivity index is 1.55. The van der Waals surface area contributed by atoms with E-state index in [0.29, 0.717) is 18.4 Å². The Morgan fingerprint density at radius 1 is 1.03 bits per heavy atom. The van der Waals surface area contributed by atoms with Gasteiger partial charge in [0.05, 0.1) is 22.2 Å². The molecule has 9 heteroatoms. The topological polar surface area (TPSA) is 72.5 Å². The van der Waals surface area contributed by atoms with Crippen molar-refractivity contribution in [3.63, 3.8) is 0 Å². The van der Waals surface area contributed by atoms with Gasteiger partial charge in [0.2, 0.25) is 6.10 Å². The van der Waals surface area contributed by atoms with Gasteiger partial charge in [-0.15, -0.1) is 0 Å². The molecule has 4 rings (SSSR count). The van der Waals surface area contributed by atoms with E-state index in [2.05, 4.69) is 5.32 Å². The van der Waals surface area contributed by atoms with Crippen LogP contribution in [0.1, 0.15) is 49.3 Å². The molecular weight excluding hydrogens is 471 g/mol. The molecule has 0 aliphatic heterocycles. The number of anilines is 1. The predicted molar refractivity (Wildman–Crippen MR) is 119 cm³/mol. The Labute approximate surface area is 199 Å². The Morgan fingerprint density at radius 3 is 2.29 bits per heavy atom. The van der Waals surface area contributed by atoms with E-state index in [-0.39, 0.29) is 28.3 Å². The minimum Gasteiger partial charge on any atom is -0.447 e. The lowest BCUT2D eigenvalue weighted by Gasteiger charge is -2.36. The van der Waals surface area contributed by atoms with Crippen molar-refractivity contribution >= 4 is 34.9 Å². The van der Waals surface area contributed by atoms with Crippen molar-refractivity contribution in [1.29, 1.82) is 0 Å². The van der Waals surface area contributed by atoms with E-state index in [1.54, 1.807) is 30.3 Å². The van der Waals surface area contributed by atoms with E-state index < -0.39 is 35.6 Å². The van der Waals surface area contributed by atoms with Gasteiger partial charge in [-0.1, -0.05) is 48.4 Å². The summed E-state index contributed by atoms with van der Waals surface area (Å²) < 4.78 is 45.0. The van der Waals surface area contributed by atoms with E-state index in [9.17, 15) is 27.6 Å². The fourth-order valence-electron chi connectivity index (χ4n) is 4.78. The number of carbonyl (C=O) groups excluding carboxylic acids is 3. The molecule has 2 fully saturated rings. The molecule has 2 aliphatic rings. The molecule has 3 atom stereocenters. The SMILES string of the molecule is O=C(OC(C(=O)Nc1cc(C(F)(F)F)ccc1Cl)c1ccccc1)C1CC2CCCC(C1)C2=O. The van der Waals surface area contributed by atoms with Crippen molar-refractivity contribution in [2.75, 3.05) is 5.32 Å². The minimum absolute atomic E-state index is 0.0851. The number of rotatable bonds is 5. The number of alkyl halides is 3. The van der Waals surface area contributed by atoms with Crippen LogP contribution in [-0.2, 0) is 25.3 Å². The quantitative estimate of drug-likeness (QED) is 0.520. The average molecular weight is 494 g/mol. The molecule has 1 amide bonds. The summed E-state index contributed by atoms with van der Waals surface area (Å²) in [4.78, 5) is 38.5. The van der Waals surface area contributed by atoms with Crippen molar-refractivity contribution in [3.05, 3.63) is 64.7 Å². The molecule has 3 unspecified atom stereocenters. The molecule has 34 heavy (non-hydrogen) atoms. The number of fused-ring (bicyclic) bond motifs is 2. The number of halogens is 4. The molecule has 0 heterocycles. The third kappa shape index (κ3) is 5.27. The highest BCUT2D eigenvalue weighted by Crippen LogP contribution is 2.41. The summed E-state index contributed by atoms with van der Waals surface area (Å²) in [5.41, 5.74) is -0.848. The minimum atomic E-state index is -4.62. The van der Waals surface area contributed by atoms with Crippen LogP contribution >= 0.6 is 11.6 Å². The van der Waals surface area contributed by atoms with Crippen molar-refractivity contribution in [1.82, 2.24) is 0 Å². The Kier molecular flexibility index (Phi) is 6.98. The number of amides is 1. The van der Waals surface area contributed by atoms with Crippen LogP contribution in [0.25, 0.3) is 0 Å². The number of benzene rings is 2. The number of ether oxygens (including phenoxy) is 1. The van der Waals surface area contributed by atoms with Crippen molar-refractivity contribution in [3.8, 4) is 0 Å². The maximum absolute atomic E-state index is 13.1. The smallest absolute Gasteiger partial charge is 0.416 e. The molecule has 0 spiro atoms. The molecule has 2 bridgehead atoms. The Bertz CT molecular complexity index is 1070. The normalized spacial score (nSPS) is 23.2. The number of carbonyl (C=O) groups is 3. The van der Waals surface area contributed by atoms with Crippen LogP contribution in [0, 0.1) is 17.8 Å². The van der Waals surface area contributed by atoms with E-state index in [4.69, 9.17) is 16.3 Å². The summed E-state index contributed by atoms with van der Waals surface area (Å²) in [5, 5.41) is 2.29. The van der Waals surface area contributed by atoms with Gasteiger partial charge < -0.3 is 10.1 Å². The second kappa shape index (κ2) is 9.78. The first kappa shape index (κ1) is 24.3. The average Bonchev–Trinajstić information content (AvgIpc) is 2.78. The van der Waals surface area contributed by atoms with Gasteiger partial charge in [0.15, 0.2) is 0 Å². The molecule has 2 saturated carbocycles. The highest BCUT2D eigenvalue weighted by molar-refractivity contribution is 6.33. The summed E-state index contributed by atoms with van der Waals surface area (Å²) in [5.74, 6) is -2.07. The molecule has 2 aromatic rings. The van der Waals surface area contributed by atoms with Gasteiger partial charge in [-0.25, -0.2) is 0 Å². The summed E-state index contributed by atoms with van der Waals surface area (Å²) in [6.45, 7) is 0. The number of Topliss-reactive ketones (excluding diaryl/α,β-unsaturated/α-hetero) is 1. The van der Waals surface area contributed by atoms with Gasteiger partial charge in [-0.3, -0.25) is 14.4 Å². The molecule has 2 aromatic carbocycles. The molecular formula is C25H23ClF3NO4. The number of esters is 1. The Hall–Kier alpha value is -2.87. The molecule has 5 nitrogen and oxygen atoms in total. The lowest BCUT2D eigenvalue weighted by Crippen LogP contribution is -2.40. The first-order valence-electron chi connectivity index (χ1n) is 11.1. The highest BCUT2D eigenvalue weighted by atomic mass is 35.5. The number of ketones is 1. The molecule has 0 saturated heterocycles. The molecule has 0 aromatic heterocycles. The maximum Gasteiger partial charge on any atom is 0.416 e. The summed E-state index contributed by atoms with van der Waals surface area (Å²) >= 11 is 6.01. The second-order valence-electron chi connectivity index (χ2n) is 8.80. The molecule has 180 valence electrons. The van der Waals surface area contributed by atoms with E-state index in [1.807, 2.05) is 0 Å². The van der Waals surface area contributed by atoms with E-state index in [0.717, 1.165) is 37.5 Å². The summed E-state index contributed by atoms with van der Waals surface area (Å²) in [6, 6.07) is 10.8. The number of hydrogen-bond donors (Lipinski definition) is 1. The van der Waals surface area contributed by atoms with Crippen molar-refractivity contribution in [2.24, 2.45) is 17.8 Å². The second-order valence-corrected chi connectivity index (χ2v) is 9.21. The zero-order valence-electron chi connectivity index (χ0n) is 18.1. The van der Waals surface area contributed by atoms with Crippen LogP contribution in [0.2, 0.25) is 5.02 Å². The molecule has 1 N–H and O–H groups in total. The van der Waals surface area contributed by atoms with Crippen LogP contribution < -0.4 is 5.32 Å². The zero-order chi connectivity index (χ0) is 24.5. The van der Waals surface area contributed by atoms with Crippen LogP contribution in [0.15, 0.2) is 48.5 Å². The molecule has 0 radical (unpaired) electrons. The number of hydrogen-bond acceptors (Lipinski definition) is 4. The maximum atomic E-state index is 13.1. The van der Waals surface area contributed by atoms with Gasteiger partial charge in [0.1, 0.15) is 5.78 Å². The van der Waals surface area contributed by atoms with Crippen LogP contribution in [0.5, 0.6) is 0 Å². The lowest BCUT2D eigenvalue weighted by molar-refractivity contribution is -0.162. The van der Waals surface area contributed by atoms with Gasteiger partial charge in [-0.05, 0) is 43.9 Å². The van der Waals surface area contributed by atoms with E-state index in [1.165, 1.54) is 0 Å². The van der Waals surface area contributed by atoms with Crippen LogP contribution in [-0.4, -0.2) is 17.7 Å². The largest absolute Gasteiger partial charge is 0.447 e. The summed E-state index contributed by atoms with van der Waals surface area (Å²) in [6.07, 6.45) is -2.79. The Morgan fingerprint density at radius 2 is 1.68 bits per heavy atom. The number of nitrogens with one attached hydrogen (secondary N) is 1. The van der Waals surface area contributed by atoms with Gasteiger partial charge in [0.25, 0.3) is 5.91 Å². The third-order valence-electron chi connectivity index (χ3n) is 6.51. The van der Waals surface area contributed by atoms with Gasteiger partial charge >= 0.3 is 12.1 Å². The first-order valence-corrected chi connectivity index (χ1v) is 11.5.